The topological polar surface area (TPSA) is 111 Å². The molecule has 2 N–H and O–H groups in total. The number of aliphatic hydroxyl groups is 1. The molecular weight excluding hydrogens is 306 g/mol. The molecule has 0 radical (unpaired) electrons. The number of esters is 2. The van der Waals surface area contributed by atoms with E-state index in [9.17, 15) is 19.5 Å². The lowest BCUT2D eigenvalue weighted by molar-refractivity contribution is -0.151. The third-order valence-corrected chi connectivity index (χ3v) is 2.70. The molecule has 0 aliphatic rings. The number of rotatable bonds is 11. The first-order valence-corrected chi connectivity index (χ1v) is 7.28. The Balaban J connectivity index is 4.15. The minimum Gasteiger partial charge on any atom is -0.463 e. The predicted molar refractivity (Wildman–Crippen MR) is 81.5 cm³/mol. The Hall–Kier alpha value is -1.93. The molecule has 0 bridgehead atoms. The summed E-state index contributed by atoms with van der Waals surface area (Å²) in [4.78, 5) is 34.0. The number of carbonyl (C=O) groups is 3. The number of nitrogens with one attached hydrogen (secondary N) is 1. The summed E-state index contributed by atoms with van der Waals surface area (Å²) in [6, 6.07) is -0.749. The molecule has 8 heteroatoms. The Morgan fingerprint density at radius 1 is 1.13 bits per heavy atom. The quantitative estimate of drug-likeness (QED) is 0.310. The van der Waals surface area contributed by atoms with Gasteiger partial charge in [-0.1, -0.05) is 12.2 Å². The molecular formula is C15H25NO7. The van der Waals surface area contributed by atoms with Crippen molar-refractivity contribution in [1.82, 2.24) is 5.32 Å². The average molecular weight is 331 g/mol. The maximum Gasteiger partial charge on any atom is 0.306 e. The number of ether oxygens (including phenoxy) is 3. The van der Waals surface area contributed by atoms with Crippen LogP contribution >= 0.6 is 0 Å². The molecule has 0 saturated carbocycles. The Kier molecular flexibility index (Phi) is 11.5. The van der Waals surface area contributed by atoms with Crippen LogP contribution in [0.1, 0.15) is 26.7 Å². The third-order valence-electron chi connectivity index (χ3n) is 2.70. The number of amides is 1. The highest BCUT2D eigenvalue weighted by Gasteiger charge is 2.20. The molecule has 0 aromatic carbocycles. The molecule has 0 saturated heterocycles. The standard InChI is InChI=1S/C15H25NO7/c1-4-5-13(18)12(16-11(2)17)10-23-15(20)7-6-14(19)22-9-8-21-3/h4-5,12-13,18H,6-10H2,1-3H3,(H,16,17)/b5-4+. The second-order valence-electron chi connectivity index (χ2n) is 4.72. The summed E-state index contributed by atoms with van der Waals surface area (Å²) in [5, 5.41) is 12.3. The van der Waals surface area contributed by atoms with Crippen LogP contribution in [-0.4, -0.2) is 62.0 Å². The minimum absolute atomic E-state index is 0.106. The zero-order chi connectivity index (χ0) is 17.7. The average Bonchev–Trinajstić information content (AvgIpc) is 2.49. The van der Waals surface area contributed by atoms with Crippen LogP contribution in [0.25, 0.3) is 0 Å². The van der Waals surface area contributed by atoms with Crippen molar-refractivity contribution in [3.63, 3.8) is 0 Å². The molecule has 2 unspecified atom stereocenters. The van der Waals surface area contributed by atoms with E-state index in [1.807, 2.05) is 0 Å². The van der Waals surface area contributed by atoms with Gasteiger partial charge in [0.1, 0.15) is 13.2 Å². The van der Waals surface area contributed by atoms with Crippen molar-refractivity contribution in [3.05, 3.63) is 12.2 Å². The van der Waals surface area contributed by atoms with Gasteiger partial charge in [-0.3, -0.25) is 14.4 Å². The molecule has 8 nitrogen and oxygen atoms in total. The monoisotopic (exact) mass is 331 g/mol. The van der Waals surface area contributed by atoms with E-state index >= 15 is 0 Å². The minimum atomic E-state index is -0.976. The summed E-state index contributed by atoms with van der Waals surface area (Å²) in [5.41, 5.74) is 0. The zero-order valence-electron chi connectivity index (χ0n) is 13.7. The SMILES string of the molecule is C/C=C/C(O)C(COC(=O)CCC(=O)OCCOC)NC(C)=O. The lowest BCUT2D eigenvalue weighted by Gasteiger charge is -2.21. The van der Waals surface area contributed by atoms with Crippen LogP contribution in [0.2, 0.25) is 0 Å². The van der Waals surface area contributed by atoms with E-state index in [-0.39, 0.29) is 38.6 Å². The number of methoxy groups -OCH3 is 1. The molecule has 2 atom stereocenters. The van der Waals surface area contributed by atoms with Gasteiger partial charge in [0, 0.05) is 14.0 Å². The highest BCUT2D eigenvalue weighted by molar-refractivity contribution is 5.77. The van der Waals surface area contributed by atoms with E-state index in [4.69, 9.17) is 14.2 Å². The largest absolute Gasteiger partial charge is 0.463 e. The van der Waals surface area contributed by atoms with Crippen LogP contribution in [0.5, 0.6) is 0 Å². The van der Waals surface area contributed by atoms with Gasteiger partial charge in [0.05, 0.1) is 31.6 Å². The summed E-state index contributed by atoms with van der Waals surface area (Å²) >= 11 is 0. The normalized spacial score (nSPS) is 13.4. The van der Waals surface area contributed by atoms with E-state index in [0.717, 1.165) is 0 Å². The van der Waals surface area contributed by atoms with Crippen molar-refractivity contribution in [2.24, 2.45) is 0 Å². The number of allylic oxidation sites excluding steroid dienone is 1. The van der Waals surface area contributed by atoms with Crippen LogP contribution < -0.4 is 5.32 Å². The van der Waals surface area contributed by atoms with E-state index < -0.39 is 24.1 Å². The molecule has 0 heterocycles. The van der Waals surface area contributed by atoms with Crippen LogP contribution in [-0.2, 0) is 28.6 Å². The number of aliphatic hydroxyl groups excluding tert-OH is 1. The fourth-order valence-corrected chi connectivity index (χ4v) is 1.59. The first-order valence-electron chi connectivity index (χ1n) is 7.28. The van der Waals surface area contributed by atoms with Crippen LogP contribution in [0.4, 0.5) is 0 Å². The van der Waals surface area contributed by atoms with Gasteiger partial charge in [0.2, 0.25) is 5.91 Å². The van der Waals surface area contributed by atoms with Crippen LogP contribution in [0, 0.1) is 0 Å². The lowest BCUT2D eigenvalue weighted by Crippen LogP contribution is -2.45. The van der Waals surface area contributed by atoms with Gasteiger partial charge in [-0.15, -0.1) is 0 Å². The maximum atomic E-state index is 11.6. The fraction of sp³-hybridized carbons (Fsp3) is 0.667. The van der Waals surface area contributed by atoms with Gasteiger partial charge in [0.25, 0.3) is 0 Å². The van der Waals surface area contributed by atoms with E-state index in [1.165, 1.54) is 20.1 Å². The first kappa shape index (κ1) is 21.1. The van der Waals surface area contributed by atoms with Crippen molar-refractivity contribution in [2.75, 3.05) is 26.9 Å². The smallest absolute Gasteiger partial charge is 0.306 e. The highest BCUT2D eigenvalue weighted by Crippen LogP contribution is 2.01. The summed E-state index contributed by atoms with van der Waals surface area (Å²) in [7, 11) is 1.48. The van der Waals surface area contributed by atoms with Gasteiger partial charge in [-0.2, -0.15) is 0 Å². The number of carbonyl (C=O) groups excluding carboxylic acids is 3. The highest BCUT2D eigenvalue weighted by atomic mass is 16.6. The molecule has 0 aliphatic carbocycles. The molecule has 0 aromatic rings. The van der Waals surface area contributed by atoms with Crippen molar-refractivity contribution >= 4 is 17.8 Å². The van der Waals surface area contributed by atoms with Crippen molar-refractivity contribution in [2.45, 2.75) is 38.8 Å². The van der Waals surface area contributed by atoms with Crippen LogP contribution in [0.15, 0.2) is 12.2 Å². The van der Waals surface area contributed by atoms with E-state index in [0.29, 0.717) is 0 Å². The molecule has 132 valence electrons. The third kappa shape index (κ3) is 11.3. The molecule has 0 aromatic heterocycles. The predicted octanol–water partition coefficient (Wildman–Crippen LogP) is -0.0589. The zero-order valence-corrected chi connectivity index (χ0v) is 13.7. The second-order valence-corrected chi connectivity index (χ2v) is 4.72. The van der Waals surface area contributed by atoms with E-state index in [1.54, 1.807) is 13.0 Å². The Bertz CT molecular complexity index is 409. The van der Waals surface area contributed by atoms with Crippen LogP contribution in [0.3, 0.4) is 0 Å². The Morgan fingerprint density at radius 3 is 2.26 bits per heavy atom. The van der Waals surface area contributed by atoms with Crippen molar-refractivity contribution < 1.29 is 33.7 Å². The van der Waals surface area contributed by atoms with Gasteiger partial charge < -0.3 is 24.6 Å². The summed E-state index contributed by atoms with van der Waals surface area (Å²) in [6.45, 7) is 3.24. The molecule has 0 aliphatic heterocycles. The van der Waals surface area contributed by atoms with Gasteiger partial charge in [-0.05, 0) is 6.92 Å². The number of hydrogen-bond acceptors (Lipinski definition) is 7. The van der Waals surface area contributed by atoms with Crippen molar-refractivity contribution in [1.29, 1.82) is 0 Å². The Morgan fingerprint density at radius 2 is 1.74 bits per heavy atom. The first-order chi connectivity index (χ1) is 10.9. The van der Waals surface area contributed by atoms with Crippen molar-refractivity contribution in [3.8, 4) is 0 Å². The van der Waals surface area contributed by atoms with Gasteiger partial charge in [0.15, 0.2) is 0 Å². The lowest BCUT2D eigenvalue weighted by atomic mass is 10.1. The fourth-order valence-electron chi connectivity index (χ4n) is 1.59. The molecule has 23 heavy (non-hydrogen) atoms. The number of hydrogen-bond donors (Lipinski definition) is 2. The molecule has 0 rings (SSSR count). The Labute approximate surface area is 135 Å². The second kappa shape index (κ2) is 12.6. The maximum absolute atomic E-state index is 11.6. The molecule has 0 spiro atoms. The van der Waals surface area contributed by atoms with Gasteiger partial charge in [-0.25, -0.2) is 0 Å². The molecule has 0 fully saturated rings. The summed E-state index contributed by atoms with van der Waals surface area (Å²) in [6.07, 6.45) is 1.87. The van der Waals surface area contributed by atoms with E-state index in [2.05, 4.69) is 5.32 Å². The molecule has 1 amide bonds. The summed E-state index contributed by atoms with van der Waals surface area (Å²) in [5.74, 6) is -1.49. The van der Waals surface area contributed by atoms with Gasteiger partial charge >= 0.3 is 11.9 Å². The summed E-state index contributed by atoms with van der Waals surface area (Å²) < 4.78 is 14.5.